The van der Waals surface area contributed by atoms with E-state index >= 15 is 0 Å². The molecule has 24 heavy (non-hydrogen) atoms. The third-order valence-electron chi connectivity index (χ3n) is 3.83. The van der Waals surface area contributed by atoms with E-state index in [-0.39, 0.29) is 11.9 Å². The van der Waals surface area contributed by atoms with Gasteiger partial charge in [0.25, 0.3) is 5.91 Å². The molecule has 0 aromatic heterocycles. The molecule has 2 atom stereocenters. The quantitative estimate of drug-likeness (QED) is 0.799. The summed E-state index contributed by atoms with van der Waals surface area (Å²) in [4.78, 5) is 23.8. The van der Waals surface area contributed by atoms with Crippen molar-refractivity contribution in [2.24, 2.45) is 0 Å². The van der Waals surface area contributed by atoms with Crippen LogP contribution >= 0.6 is 0 Å². The predicted octanol–water partition coefficient (Wildman–Crippen LogP) is 1.08. The van der Waals surface area contributed by atoms with Crippen LogP contribution in [0, 0.1) is 0 Å². The number of esters is 1. The van der Waals surface area contributed by atoms with Gasteiger partial charge in [-0.15, -0.1) is 0 Å². The number of rotatable bonds is 5. The molecule has 1 amide bonds. The Kier molecular flexibility index (Phi) is 5.17. The molecule has 1 N–H and O–H groups in total. The minimum atomic E-state index is -3.37. The van der Waals surface area contributed by atoms with E-state index in [0.717, 1.165) is 11.8 Å². The predicted molar refractivity (Wildman–Crippen MR) is 90.5 cm³/mol. The SMILES string of the molecule is CCNC(=O)[C@@H](C)OC(=O)c1ccc2c(c1)C[C@@H](C)N2S(C)(=O)=O. The fraction of sp³-hybridized carbons (Fsp3) is 0.500. The van der Waals surface area contributed by atoms with Crippen LogP contribution in [0.4, 0.5) is 5.69 Å². The van der Waals surface area contributed by atoms with Crippen LogP contribution in [-0.4, -0.2) is 45.2 Å². The Morgan fingerprint density at radius 2 is 2.08 bits per heavy atom. The molecule has 8 heteroatoms. The maximum Gasteiger partial charge on any atom is 0.338 e. The minimum Gasteiger partial charge on any atom is -0.449 e. The van der Waals surface area contributed by atoms with Crippen molar-refractivity contribution >= 4 is 27.6 Å². The van der Waals surface area contributed by atoms with Crippen LogP contribution in [0.25, 0.3) is 0 Å². The molecule has 1 heterocycles. The van der Waals surface area contributed by atoms with E-state index in [1.807, 2.05) is 6.92 Å². The molecule has 0 aliphatic carbocycles. The Morgan fingerprint density at radius 3 is 2.67 bits per heavy atom. The van der Waals surface area contributed by atoms with Crippen LogP contribution in [-0.2, 0) is 26.0 Å². The van der Waals surface area contributed by atoms with E-state index in [4.69, 9.17) is 4.74 Å². The summed E-state index contributed by atoms with van der Waals surface area (Å²) in [5, 5.41) is 2.58. The Morgan fingerprint density at radius 1 is 1.42 bits per heavy atom. The monoisotopic (exact) mass is 354 g/mol. The maximum atomic E-state index is 12.2. The summed E-state index contributed by atoms with van der Waals surface area (Å²) in [7, 11) is -3.37. The first-order valence-electron chi connectivity index (χ1n) is 7.76. The van der Waals surface area contributed by atoms with Crippen LogP contribution in [0.1, 0.15) is 36.7 Å². The number of nitrogens with one attached hydrogen (secondary N) is 1. The summed E-state index contributed by atoms with van der Waals surface area (Å²) >= 11 is 0. The average molecular weight is 354 g/mol. The third-order valence-corrected chi connectivity index (χ3v) is 5.10. The number of sulfonamides is 1. The van der Waals surface area contributed by atoms with Crippen LogP contribution in [0.3, 0.4) is 0 Å². The molecule has 1 aromatic rings. The second-order valence-electron chi connectivity index (χ2n) is 5.90. The van der Waals surface area contributed by atoms with Crippen molar-refractivity contribution in [1.82, 2.24) is 5.32 Å². The van der Waals surface area contributed by atoms with Gasteiger partial charge in [-0.3, -0.25) is 9.10 Å². The summed E-state index contributed by atoms with van der Waals surface area (Å²) in [5.74, 6) is -0.967. The molecule has 0 bridgehead atoms. The van der Waals surface area contributed by atoms with Gasteiger partial charge in [-0.25, -0.2) is 13.2 Å². The number of benzene rings is 1. The van der Waals surface area contributed by atoms with Crippen molar-refractivity contribution in [3.05, 3.63) is 29.3 Å². The highest BCUT2D eigenvalue weighted by Crippen LogP contribution is 2.34. The molecule has 132 valence electrons. The fourth-order valence-electron chi connectivity index (χ4n) is 2.84. The zero-order valence-corrected chi connectivity index (χ0v) is 15.0. The molecule has 0 radical (unpaired) electrons. The van der Waals surface area contributed by atoms with E-state index in [2.05, 4.69) is 5.32 Å². The van der Waals surface area contributed by atoms with E-state index in [0.29, 0.717) is 24.2 Å². The van der Waals surface area contributed by atoms with Crippen LogP contribution in [0.2, 0.25) is 0 Å². The molecule has 0 spiro atoms. The standard InChI is InChI=1S/C16H22N2O5S/c1-5-17-15(19)11(3)23-16(20)12-6-7-14-13(9-12)8-10(2)18(14)24(4,21)22/h6-7,9-11H,5,8H2,1-4H3,(H,17,19)/t10-,11-/m1/s1. The summed E-state index contributed by atoms with van der Waals surface area (Å²) in [6.45, 7) is 5.56. The van der Waals surface area contributed by atoms with Crippen LogP contribution in [0.15, 0.2) is 18.2 Å². The molecule has 0 fully saturated rings. The van der Waals surface area contributed by atoms with Crippen molar-refractivity contribution < 1.29 is 22.7 Å². The van der Waals surface area contributed by atoms with E-state index in [1.165, 1.54) is 17.3 Å². The molecule has 7 nitrogen and oxygen atoms in total. The molecule has 1 aromatic carbocycles. The number of nitrogens with zero attached hydrogens (tertiary/aromatic N) is 1. The normalized spacial score (nSPS) is 18.0. The molecule has 0 saturated carbocycles. The van der Waals surface area contributed by atoms with Gasteiger partial charge in [0.2, 0.25) is 10.0 Å². The average Bonchev–Trinajstić information content (AvgIpc) is 2.81. The first kappa shape index (κ1) is 18.3. The van der Waals surface area contributed by atoms with Gasteiger partial charge < -0.3 is 10.1 Å². The minimum absolute atomic E-state index is 0.199. The van der Waals surface area contributed by atoms with Gasteiger partial charge in [0.15, 0.2) is 6.10 Å². The van der Waals surface area contributed by atoms with Gasteiger partial charge >= 0.3 is 5.97 Å². The second-order valence-corrected chi connectivity index (χ2v) is 7.76. The molecular weight excluding hydrogens is 332 g/mol. The lowest BCUT2D eigenvalue weighted by atomic mass is 10.1. The lowest BCUT2D eigenvalue weighted by Gasteiger charge is -2.22. The summed E-state index contributed by atoms with van der Waals surface area (Å²) < 4.78 is 30.3. The number of ether oxygens (including phenoxy) is 1. The maximum absolute atomic E-state index is 12.2. The number of hydrogen-bond acceptors (Lipinski definition) is 5. The Balaban J connectivity index is 2.20. The number of likely N-dealkylation sites (N-methyl/N-ethyl adjacent to an activating group) is 1. The Labute approximate surface area is 142 Å². The lowest BCUT2D eigenvalue weighted by molar-refractivity contribution is -0.128. The first-order chi connectivity index (χ1) is 11.1. The fourth-order valence-corrected chi connectivity index (χ4v) is 4.10. The smallest absolute Gasteiger partial charge is 0.338 e. The molecule has 1 aliphatic rings. The second kappa shape index (κ2) is 6.80. The van der Waals surface area contributed by atoms with Crippen molar-refractivity contribution in [2.45, 2.75) is 39.3 Å². The number of amides is 1. The number of anilines is 1. The van der Waals surface area contributed by atoms with Gasteiger partial charge in [0.05, 0.1) is 17.5 Å². The van der Waals surface area contributed by atoms with Gasteiger partial charge in [-0.2, -0.15) is 0 Å². The lowest BCUT2D eigenvalue weighted by Crippen LogP contribution is -2.35. The molecule has 1 aliphatic heterocycles. The van der Waals surface area contributed by atoms with Gasteiger partial charge in [0.1, 0.15) is 0 Å². The largest absolute Gasteiger partial charge is 0.449 e. The van der Waals surface area contributed by atoms with Crippen molar-refractivity contribution in [3.8, 4) is 0 Å². The zero-order chi connectivity index (χ0) is 18.1. The van der Waals surface area contributed by atoms with Crippen LogP contribution in [0.5, 0.6) is 0 Å². The topological polar surface area (TPSA) is 92.8 Å². The Bertz CT molecular complexity index is 760. The van der Waals surface area contributed by atoms with Gasteiger partial charge in [-0.05, 0) is 51.0 Å². The highest BCUT2D eigenvalue weighted by Gasteiger charge is 2.33. The molecular formula is C16H22N2O5S. The van der Waals surface area contributed by atoms with Crippen LogP contribution < -0.4 is 9.62 Å². The summed E-state index contributed by atoms with van der Waals surface area (Å²) in [5.41, 5.74) is 1.65. The number of carbonyl (C=O) groups is 2. The van der Waals surface area contributed by atoms with Crippen molar-refractivity contribution in [2.75, 3.05) is 17.1 Å². The first-order valence-corrected chi connectivity index (χ1v) is 9.61. The number of fused-ring (bicyclic) bond motifs is 1. The van der Waals surface area contributed by atoms with Gasteiger partial charge in [0, 0.05) is 12.6 Å². The summed E-state index contributed by atoms with van der Waals surface area (Å²) in [6, 6.07) is 4.55. The highest BCUT2D eigenvalue weighted by atomic mass is 32.2. The Hall–Kier alpha value is -2.09. The number of hydrogen-bond donors (Lipinski definition) is 1. The summed E-state index contributed by atoms with van der Waals surface area (Å²) in [6.07, 6.45) is 0.793. The molecule has 2 rings (SSSR count). The molecule has 0 unspecified atom stereocenters. The number of carbonyl (C=O) groups excluding carboxylic acids is 2. The van der Waals surface area contributed by atoms with E-state index < -0.39 is 22.1 Å². The van der Waals surface area contributed by atoms with Gasteiger partial charge in [-0.1, -0.05) is 0 Å². The zero-order valence-electron chi connectivity index (χ0n) is 14.2. The third kappa shape index (κ3) is 3.69. The van der Waals surface area contributed by atoms with E-state index in [1.54, 1.807) is 19.1 Å². The van der Waals surface area contributed by atoms with E-state index in [9.17, 15) is 18.0 Å². The van der Waals surface area contributed by atoms with Crippen molar-refractivity contribution in [3.63, 3.8) is 0 Å². The molecule has 0 saturated heterocycles. The van der Waals surface area contributed by atoms with Crippen molar-refractivity contribution in [1.29, 1.82) is 0 Å². The highest BCUT2D eigenvalue weighted by molar-refractivity contribution is 7.92.